The number of nitrogens with one attached hydrogen (secondary N) is 1. The van der Waals surface area contributed by atoms with Crippen molar-refractivity contribution in [1.29, 1.82) is 0 Å². The van der Waals surface area contributed by atoms with Crippen molar-refractivity contribution in [2.45, 2.75) is 32.8 Å². The minimum Gasteiger partial charge on any atom is -0.382 e. The lowest BCUT2D eigenvalue weighted by atomic mass is 9.96. The second-order valence-electron chi connectivity index (χ2n) is 7.92. The molecule has 0 aliphatic rings. The number of imidazole rings is 1. The minimum absolute atomic E-state index is 0.551. The third-order valence-corrected chi connectivity index (χ3v) is 5.73. The standard InChI is InChI=1S/C25H24N6O/c1-3-6-19-15-31-22(14-9-16(2)25(31)26-19)23(32)18-12-10-17(11-13-18)20-7-4-5-8-21(20)24-27-29-30-28-24/h4-5,7-15,23,32H,3,6H2,1-2H3,(H,27,28,29,30). The molecule has 7 heteroatoms. The average Bonchev–Trinajstić information content (AvgIpc) is 3.50. The Balaban J connectivity index is 1.50. The molecule has 0 fully saturated rings. The van der Waals surface area contributed by atoms with Crippen LogP contribution in [0.3, 0.4) is 0 Å². The largest absolute Gasteiger partial charge is 0.382 e. The van der Waals surface area contributed by atoms with E-state index >= 15 is 0 Å². The predicted molar refractivity (Wildman–Crippen MR) is 123 cm³/mol. The maximum Gasteiger partial charge on any atom is 0.205 e. The van der Waals surface area contributed by atoms with Gasteiger partial charge in [-0.1, -0.05) is 67.9 Å². The van der Waals surface area contributed by atoms with Crippen molar-refractivity contribution in [2.75, 3.05) is 0 Å². The average molecular weight is 425 g/mol. The van der Waals surface area contributed by atoms with E-state index in [1.807, 2.05) is 78.2 Å². The highest BCUT2D eigenvalue weighted by Crippen LogP contribution is 2.32. The Bertz CT molecular complexity index is 1360. The Morgan fingerprint density at radius 1 is 1.00 bits per heavy atom. The van der Waals surface area contributed by atoms with Gasteiger partial charge in [0.1, 0.15) is 11.8 Å². The van der Waals surface area contributed by atoms with Crippen molar-refractivity contribution < 1.29 is 5.11 Å². The molecule has 0 aliphatic carbocycles. The first-order valence-corrected chi connectivity index (χ1v) is 10.7. The molecule has 3 heterocycles. The van der Waals surface area contributed by atoms with Gasteiger partial charge in [0.25, 0.3) is 0 Å². The van der Waals surface area contributed by atoms with Crippen LogP contribution in [0.1, 0.15) is 42.0 Å². The number of aliphatic hydroxyl groups excluding tert-OH is 1. The monoisotopic (exact) mass is 424 g/mol. The third kappa shape index (κ3) is 3.56. The lowest BCUT2D eigenvalue weighted by Gasteiger charge is -2.15. The quantitative estimate of drug-likeness (QED) is 0.418. The van der Waals surface area contributed by atoms with E-state index in [4.69, 9.17) is 4.98 Å². The molecule has 5 rings (SSSR count). The summed E-state index contributed by atoms with van der Waals surface area (Å²) in [7, 11) is 0. The van der Waals surface area contributed by atoms with Crippen LogP contribution in [0.2, 0.25) is 0 Å². The highest BCUT2D eigenvalue weighted by atomic mass is 16.3. The van der Waals surface area contributed by atoms with Crippen molar-refractivity contribution in [3.63, 3.8) is 0 Å². The smallest absolute Gasteiger partial charge is 0.205 e. The van der Waals surface area contributed by atoms with Crippen LogP contribution >= 0.6 is 0 Å². The number of aromatic nitrogens is 6. The second-order valence-corrected chi connectivity index (χ2v) is 7.92. The van der Waals surface area contributed by atoms with Crippen molar-refractivity contribution in [1.82, 2.24) is 30.0 Å². The lowest BCUT2D eigenvalue weighted by molar-refractivity contribution is 0.214. The summed E-state index contributed by atoms with van der Waals surface area (Å²) in [6, 6.07) is 19.9. The van der Waals surface area contributed by atoms with Crippen molar-refractivity contribution in [2.24, 2.45) is 0 Å². The van der Waals surface area contributed by atoms with E-state index in [2.05, 4.69) is 27.5 Å². The van der Waals surface area contributed by atoms with Crippen LogP contribution < -0.4 is 0 Å². The number of aliphatic hydroxyl groups is 1. The van der Waals surface area contributed by atoms with Crippen LogP contribution in [-0.4, -0.2) is 35.1 Å². The number of hydrogen-bond acceptors (Lipinski definition) is 5. The Morgan fingerprint density at radius 2 is 1.78 bits per heavy atom. The highest BCUT2D eigenvalue weighted by molar-refractivity contribution is 5.80. The Hall–Kier alpha value is -3.84. The van der Waals surface area contributed by atoms with Gasteiger partial charge in [-0.3, -0.25) is 0 Å². The molecule has 32 heavy (non-hydrogen) atoms. The van der Waals surface area contributed by atoms with Crippen LogP contribution in [0.5, 0.6) is 0 Å². The molecule has 2 N–H and O–H groups in total. The summed E-state index contributed by atoms with van der Waals surface area (Å²) in [5.41, 5.74) is 7.59. The number of nitrogens with zero attached hydrogens (tertiary/aromatic N) is 5. The Morgan fingerprint density at radius 3 is 2.50 bits per heavy atom. The molecule has 2 aromatic carbocycles. The van der Waals surface area contributed by atoms with Gasteiger partial charge in [0.15, 0.2) is 0 Å². The van der Waals surface area contributed by atoms with E-state index < -0.39 is 6.10 Å². The zero-order valence-corrected chi connectivity index (χ0v) is 18.0. The summed E-state index contributed by atoms with van der Waals surface area (Å²) in [6.07, 6.45) is 3.24. The zero-order chi connectivity index (χ0) is 22.1. The summed E-state index contributed by atoms with van der Waals surface area (Å²) in [5.74, 6) is 0.551. The zero-order valence-electron chi connectivity index (χ0n) is 18.0. The molecule has 1 atom stereocenters. The molecule has 0 spiro atoms. The summed E-state index contributed by atoms with van der Waals surface area (Å²) < 4.78 is 2.02. The van der Waals surface area contributed by atoms with Crippen LogP contribution in [-0.2, 0) is 6.42 Å². The molecule has 7 nitrogen and oxygen atoms in total. The normalized spacial score (nSPS) is 12.3. The van der Waals surface area contributed by atoms with E-state index in [0.29, 0.717) is 5.82 Å². The maximum absolute atomic E-state index is 11.2. The number of aromatic amines is 1. The number of benzene rings is 2. The first kappa shape index (κ1) is 20.1. The molecule has 0 saturated carbocycles. The SMILES string of the molecule is CCCc1cn2c(C(O)c3ccc(-c4ccccc4-c4nn[nH]n4)cc3)ccc(C)c2n1. The number of rotatable bonds is 6. The number of hydrogen-bond donors (Lipinski definition) is 2. The fraction of sp³-hybridized carbons (Fsp3) is 0.200. The van der Waals surface area contributed by atoms with Gasteiger partial charge in [0.2, 0.25) is 5.82 Å². The van der Waals surface area contributed by atoms with E-state index in [9.17, 15) is 5.11 Å². The van der Waals surface area contributed by atoms with Gasteiger partial charge in [0.05, 0.1) is 11.4 Å². The lowest BCUT2D eigenvalue weighted by Crippen LogP contribution is -2.06. The summed E-state index contributed by atoms with van der Waals surface area (Å²) in [6.45, 7) is 4.19. The number of aryl methyl sites for hydroxylation is 2. The van der Waals surface area contributed by atoms with Gasteiger partial charge >= 0.3 is 0 Å². The number of H-pyrrole nitrogens is 1. The first-order chi connectivity index (χ1) is 15.7. The third-order valence-electron chi connectivity index (χ3n) is 5.73. The molecule has 3 aromatic heterocycles. The van der Waals surface area contributed by atoms with Gasteiger partial charge in [-0.25, -0.2) is 4.98 Å². The molecule has 0 saturated heterocycles. The summed E-state index contributed by atoms with van der Waals surface area (Å²) in [5, 5.41) is 25.6. The predicted octanol–water partition coefficient (Wildman–Crippen LogP) is 4.52. The molecule has 5 aromatic rings. The maximum atomic E-state index is 11.2. The highest BCUT2D eigenvalue weighted by Gasteiger charge is 2.17. The fourth-order valence-electron chi connectivity index (χ4n) is 4.09. The van der Waals surface area contributed by atoms with Crippen LogP contribution in [0.15, 0.2) is 66.9 Å². The number of fused-ring (bicyclic) bond motifs is 1. The number of tetrazole rings is 1. The van der Waals surface area contributed by atoms with Crippen molar-refractivity contribution >= 4 is 5.65 Å². The molecular formula is C25H24N6O. The summed E-state index contributed by atoms with van der Waals surface area (Å²) in [4.78, 5) is 4.76. The van der Waals surface area contributed by atoms with E-state index in [-0.39, 0.29) is 0 Å². The van der Waals surface area contributed by atoms with E-state index in [1.54, 1.807) is 0 Å². The van der Waals surface area contributed by atoms with Crippen LogP contribution in [0.25, 0.3) is 28.2 Å². The molecule has 0 bridgehead atoms. The second kappa shape index (κ2) is 8.36. The Labute approximate surface area is 185 Å². The Kier molecular flexibility index (Phi) is 5.25. The van der Waals surface area contributed by atoms with Crippen molar-refractivity contribution in [3.8, 4) is 22.5 Å². The van der Waals surface area contributed by atoms with Gasteiger partial charge in [-0.05, 0) is 46.9 Å². The topological polar surface area (TPSA) is 92.0 Å². The fourth-order valence-corrected chi connectivity index (χ4v) is 4.09. The van der Waals surface area contributed by atoms with Gasteiger partial charge in [-0.2, -0.15) is 5.21 Å². The molecule has 0 aliphatic heterocycles. The molecule has 0 amide bonds. The first-order valence-electron chi connectivity index (χ1n) is 10.7. The molecule has 1 unspecified atom stereocenters. The van der Waals surface area contributed by atoms with Gasteiger partial charge in [0, 0.05) is 11.8 Å². The number of pyridine rings is 1. The van der Waals surface area contributed by atoms with Crippen LogP contribution in [0, 0.1) is 6.92 Å². The van der Waals surface area contributed by atoms with Crippen molar-refractivity contribution in [3.05, 3.63) is 89.4 Å². The molecule has 0 radical (unpaired) electrons. The van der Waals surface area contributed by atoms with Gasteiger partial charge in [-0.15, -0.1) is 10.2 Å². The molecule has 160 valence electrons. The van der Waals surface area contributed by atoms with E-state index in [1.165, 1.54) is 0 Å². The van der Waals surface area contributed by atoms with E-state index in [0.717, 1.165) is 57.7 Å². The molecular weight excluding hydrogens is 400 g/mol. The summed E-state index contributed by atoms with van der Waals surface area (Å²) >= 11 is 0. The minimum atomic E-state index is -0.761. The van der Waals surface area contributed by atoms with Crippen LogP contribution in [0.4, 0.5) is 0 Å². The van der Waals surface area contributed by atoms with Gasteiger partial charge < -0.3 is 9.51 Å².